The van der Waals surface area contributed by atoms with E-state index in [1.54, 1.807) is 0 Å². The van der Waals surface area contributed by atoms with Gasteiger partial charge in [-0.25, -0.2) is 21.2 Å². The highest BCUT2D eigenvalue weighted by Crippen LogP contribution is 2.39. The molecule has 270 valence electrons. The van der Waals surface area contributed by atoms with E-state index >= 15 is 0 Å². The summed E-state index contributed by atoms with van der Waals surface area (Å²) in [6.45, 7) is 11.6. The molecule has 13 heteroatoms. The maximum Gasteiger partial charge on any atom is 0.227 e. The van der Waals surface area contributed by atoms with Gasteiger partial charge in [-0.3, -0.25) is 19.8 Å². The predicted octanol–water partition coefficient (Wildman–Crippen LogP) is 6.46. The fourth-order valence-corrected chi connectivity index (χ4v) is 9.73. The van der Waals surface area contributed by atoms with Gasteiger partial charge in [0.1, 0.15) is 28.7 Å². The van der Waals surface area contributed by atoms with Gasteiger partial charge in [0.05, 0.1) is 24.3 Å². The maximum absolute atomic E-state index is 9.16. The Morgan fingerprint density at radius 3 is 2.19 bits per heavy atom. The lowest BCUT2D eigenvalue weighted by molar-refractivity contribution is 0.136. The van der Waals surface area contributed by atoms with E-state index in [1.807, 2.05) is 54.5 Å². The molecule has 13 nitrogen and oxygen atoms in total. The number of nitriles is 1. The molecule has 6 atom stereocenters. The van der Waals surface area contributed by atoms with Gasteiger partial charge in [0.25, 0.3) is 0 Å². The normalized spacial score (nSPS) is 25.3. The van der Waals surface area contributed by atoms with Gasteiger partial charge < -0.3 is 20.8 Å². The number of nitrogens with zero attached hydrogens (tertiary/aromatic N) is 10. The van der Waals surface area contributed by atoms with E-state index in [0.717, 1.165) is 83.6 Å². The molecule has 2 unspecified atom stereocenters. The van der Waals surface area contributed by atoms with Crippen LogP contribution in [0.1, 0.15) is 63.5 Å². The molecule has 5 aromatic rings. The molecule has 9 heterocycles. The summed E-state index contributed by atoms with van der Waals surface area (Å²) >= 11 is 0. The van der Waals surface area contributed by atoms with Crippen LogP contribution >= 0.6 is 0 Å². The van der Waals surface area contributed by atoms with E-state index in [0.29, 0.717) is 60.9 Å². The molecule has 0 saturated carbocycles. The first-order valence-corrected chi connectivity index (χ1v) is 19.1. The molecule has 4 aliphatic heterocycles. The van der Waals surface area contributed by atoms with Crippen molar-refractivity contribution in [1.82, 2.24) is 39.5 Å². The Labute approximate surface area is 309 Å². The highest BCUT2D eigenvalue weighted by Gasteiger charge is 2.42. The number of pyridine rings is 4. The van der Waals surface area contributed by atoms with Crippen LogP contribution in [0.5, 0.6) is 0 Å². The average Bonchev–Trinajstić information content (AvgIpc) is 3.74. The maximum atomic E-state index is 9.16. The highest BCUT2D eigenvalue weighted by atomic mass is 15.3. The Kier molecular flexibility index (Phi) is 8.98. The number of aromatic nitrogens is 6. The Balaban J connectivity index is 0.943. The predicted molar refractivity (Wildman–Crippen MR) is 206 cm³/mol. The molecule has 4 saturated heterocycles. The number of aryl methyl sites for hydroxylation is 1. The summed E-state index contributed by atoms with van der Waals surface area (Å²) in [4.78, 5) is 28.3. The number of fused-ring (bicyclic) bond motifs is 6. The van der Waals surface area contributed by atoms with Crippen molar-refractivity contribution in [1.29, 1.82) is 5.26 Å². The third-order valence-corrected chi connectivity index (χ3v) is 12.0. The van der Waals surface area contributed by atoms with Crippen molar-refractivity contribution in [3.05, 3.63) is 72.1 Å². The minimum Gasteiger partial charge on any atom is -0.367 e. The number of anilines is 4. The monoisotopic (exact) mass is 707 g/mol. The second-order valence-corrected chi connectivity index (χ2v) is 15.2. The summed E-state index contributed by atoms with van der Waals surface area (Å²) in [6.07, 6.45) is 15.1. The number of hydrogen-bond acceptors (Lipinski definition) is 11. The van der Waals surface area contributed by atoms with Gasteiger partial charge in [-0.05, 0) is 82.6 Å². The zero-order valence-corrected chi connectivity index (χ0v) is 30.1. The first kappa shape index (κ1) is 33.5. The molecule has 4 aliphatic rings. The van der Waals surface area contributed by atoms with Gasteiger partial charge in [0, 0.05) is 90.2 Å². The Morgan fingerprint density at radius 2 is 1.49 bits per heavy atom. The molecule has 0 spiro atoms. The van der Waals surface area contributed by atoms with E-state index in [2.05, 4.69) is 53.8 Å². The molecule has 5 aromatic heterocycles. The van der Waals surface area contributed by atoms with Crippen LogP contribution in [0.25, 0.3) is 32.3 Å². The molecule has 0 radical (unpaired) electrons. The van der Waals surface area contributed by atoms with Crippen LogP contribution in [0.4, 0.5) is 23.3 Å². The first-order valence-electron chi connectivity index (χ1n) is 19.1. The zero-order valence-electron chi connectivity index (χ0n) is 30.1. The van der Waals surface area contributed by atoms with Gasteiger partial charge >= 0.3 is 0 Å². The quantitative estimate of drug-likeness (QED) is 0.130. The Bertz CT molecular complexity index is 2190. The highest BCUT2D eigenvalue weighted by molar-refractivity contribution is 5.94. The van der Waals surface area contributed by atoms with Gasteiger partial charge in [-0.2, -0.15) is 5.26 Å². The smallest absolute Gasteiger partial charge is 0.227 e. The third-order valence-electron chi connectivity index (χ3n) is 12.0. The number of nitrogens with one attached hydrogen (secondary N) is 3. The molecule has 0 aliphatic carbocycles. The van der Waals surface area contributed by atoms with Crippen LogP contribution in [-0.2, 0) is 0 Å². The van der Waals surface area contributed by atoms with Crippen molar-refractivity contribution in [2.45, 2.75) is 101 Å². The van der Waals surface area contributed by atoms with E-state index in [-0.39, 0.29) is 0 Å². The van der Waals surface area contributed by atoms with Gasteiger partial charge in [-0.15, -0.1) is 5.10 Å². The summed E-state index contributed by atoms with van der Waals surface area (Å²) in [5, 5.41) is 27.2. The Hall–Kier alpha value is -5.37. The van der Waals surface area contributed by atoms with E-state index in [4.69, 9.17) is 31.9 Å². The van der Waals surface area contributed by atoms with Crippen molar-refractivity contribution in [2.75, 3.05) is 35.6 Å². The van der Waals surface area contributed by atoms with Crippen LogP contribution in [0.3, 0.4) is 0 Å². The standard InChI is InChI=1S/C40H45N13/c1-25-18-37(48-36-23-34-32(6-3-13-43-34)40(49-36)47-27-21-28-8-9-29(22-27)51(28)16-5-12-41)50-53(25)35-24-45-39(33-7-4-14-44-38(33)35)46-26-19-30-10-11-31(20-26)52(30)17-15-42-2/h3-4,6-7,13-14,18,23-24,26-31H,5,8-11,15-17,19-22H2,1H3,(H,45,46)(H2,47,48,49,50)/t26?,27?,28-,29+,30-,31+. The van der Waals surface area contributed by atoms with Crippen molar-refractivity contribution in [3.63, 3.8) is 0 Å². The second-order valence-electron chi connectivity index (χ2n) is 15.2. The molecule has 53 heavy (non-hydrogen) atoms. The molecule has 0 aromatic carbocycles. The summed E-state index contributed by atoms with van der Waals surface area (Å²) in [6, 6.07) is 17.1. The molecular formula is C40H45N13. The average molecular weight is 708 g/mol. The second kappa shape index (κ2) is 14.2. The number of rotatable bonds is 11. The molecular weight excluding hydrogens is 663 g/mol. The first-order chi connectivity index (χ1) is 26.0. The van der Waals surface area contributed by atoms with Crippen LogP contribution in [-0.4, -0.2) is 95.4 Å². The molecule has 3 N–H and O–H groups in total. The lowest BCUT2D eigenvalue weighted by Crippen LogP contribution is -2.47. The Morgan fingerprint density at radius 1 is 0.830 bits per heavy atom. The van der Waals surface area contributed by atoms with Gasteiger partial charge in [-0.1, -0.05) is 0 Å². The molecule has 4 bridgehead atoms. The van der Waals surface area contributed by atoms with Crippen molar-refractivity contribution in [2.24, 2.45) is 0 Å². The lowest BCUT2D eigenvalue weighted by Gasteiger charge is -2.39. The largest absolute Gasteiger partial charge is 0.367 e. The van der Waals surface area contributed by atoms with Crippen LogP contribution < -0.4 is 16.0 Å². The SMILES string of the molecule is [C-]#[N+]CCN1[C@@H]2CC[C@H]1CC(Nc1ncc(-n3nc(Nc4cc5ncccc5c(NC5C[C@H]6CC[C@@H](C5)N6CCC#N)n4)cc3C)c3ncccc13)C2. The van der Waals surface area contributed by atoms with Crippen molar-refractivity contribution in [3.8, 4) is 11.8 Å². The molecule has 9 rings (SSSR count). The number of hydrogen-bond donors (Lipinski definition) is 3. The molecule has 4 fully saturated rings. The van der Waals surface area contributed by atoms with E-state index in [9.17, 15) is 0 Å². The fraction of sp³-hybridized carbons (Fsp3) is 0.475. The minimum absolute atomic E-state index is 0.308. The van der Waals surface area contributed by atoms with E-state index in [1.165, 1.54) is 25.7 Å². The van der Waals surface area contributed by atoms with Crippen LogP contribution in [0, 0.1) is 24.8 Å². The van der Waals surface area contributed by atoms with Gasteiger partial charge in [0.15, 0.2) is 5.82 Å². The summed E-state index contributed by atoms with van der Waals surface area (Å²) in [7, 11) is 0. The summed E-state index contributed by atoms with van der Waals surface area (Å²) < 4.78 is 1.90. The van der Waals surface area contributed by atoms with Crippen LogP contribution in [0.2, 0.25) is 0 Å². The summed E-state index contributed by atoms with van der Waals surface area (Å²) in [5.74, 6) is 3.03. The van der Waals surface area contributed by atoms with Gasteiger partial charge in [0.2, 0.25) is 6.54 Å². The van der Waals surface area contributed by atoms with Crippen molar-refractivity contribution >= 4 is 45.1 Å². The summed E-state index contributed by atoms with van der Waals surface area (Å²) in [5.41, 5.74) is 3.47. The fourth-order valence-electron chi connectivity index (χ4n) is 9.73. The lowest BCUT2D eigenvalue weighted by atomic mass is 9.97. The third kappa shape index (κ3) is 6.49. The number of piperidine rings is 2. The van der Waals surface area contributed by atoms with Crippen molar-refractivity contribution < 1.29 is 0 Å². The topological polar surface area (TPSA) is 140 Å². The van der Waals surface area contributed by atoms with E-state index < -0.39 is 0 Å². The minimum atomic E-state index is 0.308. The van der Waals surface area contributed by atoms with Crippen LogP contribution in [0.15, 0.2) is 55.0 Å². The molecule has 0 amide bonds. The zero-order chi connectivity index (χ0) is 35.9.